The van der Waals surface area contributed by atoms with E-state index in [1.807, 2.05) is 48.2 Å². The first-order valence-corrected chi connectivity index (χ1v) is 8.46. The number of nitrogens with zero attached hydrogens (tertiary/aromatic N) is 1. The molecule has 2 heterocycles. The first-order chi connectivity index (χ1) is 11.7. The minimum atomic E-state index is -1.24. The molecule has 2 aromatic rings. The van der Waals surface area contributed by atoms with Crippen molar-refractivity contribution < 1.29 is 14.3 Å². The zero-order valence-corrected chi connectivity index (χ0v) is 13.8. The summed E-state index contributed by atoms with van der Waals surface area (Å²) in [4.78, 5) is 15.0. The molecule has 2 aromatic carbocycles. The van der Waals surface area contributed by atoms with Crippen molar-refractivity contribution in [2.45, 2.75) is 25.6 Å². The van der Waals surface area contributed by atoms with E-state index in [-0.39, 0.29) is 5.91 Å². The van der Waals surface area contributed by atoms with Crippen LogP contribution in [-0.2, 0) is 26.5 Å². The van der Waals surface area contributed by atoms with Gasteiger partial charge in [-0.2, -0.15) is 0 Å². The monoisotopic (exact) mass is 323 g/mol. The van der Waals surface area contributed by atoms with Crippen molar-refractivity contribution in [1.29, 1.82) is 0 Å². The van der Waals surface area contributed by atoms with Gasteiger partial charge in [0.2, 0.25) is 0 Å². The predicted octanol–water partition coefficient (Wildman–Crippen LogP) is 3.17. The number of ether oxygens (including phenoxy) is 2. The Balaban J connectivity index is 1.67. The van der Waals surface area contributed by atoms with E-state index in [9.17, 15) is 4.79 Å². The van der Waals surface area contributed by atoms with E-state index >= 15 is 0 Å². The first-order valence-electron chi connectivity index (χ1n) is 8.46. The van der Waals surface area contributed by atoms with Crippen molar-refractivity contribution in [3.05, 3.63) is 65.2 Å². The number of anilines is 1. The van der Waals surface area contributed by atoms with Crippen LogP contribution in [0.15, 0.2) is 48.5 Å². The van der Waals surface area contributed by atoms with E-state index in [4.69, 9.17) is 9.47 Å². The number of hydrogen-bond acceptors (Lipinski definition) is 3. The predicted molar refractivity (Wildman–Crippen MR) is 91.9 cm³/mol. The van der Waals surface area contributed by atoms with Gasteiger partial charge in [-0.05, 0) is 37.5 Å². The van der Waals surface area contributed by atoms with Gasteiger partial charge < -0.3 is 14.4 Å². The van der Waals surface area contributed by atoms with Gasteiger partial charge in [-0.25, -0.2) is 0 Å². The molecule has 2 aliphatic rings. The molecular weight excluding hydrogens is 302 g/mol. The normalized spacial score (nSPS) is 18.9. The number of hydrogen-bond donors (Lipinski definition) is 0. The van der Waals surface area contributed by atoms with E-state index in [1.165, 1.54) is 5.56 Å². The van der Waals surface area contributed by atoms with Gasteiger partial charge in [-0.1, -0.05) is 42.0 Å². The summed E-state index contributed by atoms with van der Waals surface area (Å²) in [6, 6.07) is 16.3. The Morgan fingerprint density at radius 1 is 1.08 bits per heavy atom. The number of benzene rings is 2. The molecule has 0 saturated carbocycles. The minimum absolute atomic E-state index is 0.0984. The fourth-order valence-corrected chi connectivity index (χ4v) is 3.47. The summed E-state index contributed by atoms with van der Waals surface area (Å²) in [5.74, 6) is -1.34. The van der Waals surface area contributed by atoms with Gasteiger partial charge in [0.1, 0.15) is 0 Å². The van der Waals surface area contributed by atoms with Crippen LogP contribution in [0.3, 0.4) is 0 Å². The fourth-order valence-electron chi connectivity index (χ4n) is 3.47. The average molecular weight is 323 g/mol. The van der Waals surface area contributed by atoms with Crippen LogP contribution in [0.25, 0.3) is 0 Å². The third-order valence-corrected chi connectivity index (χ3v) is 4.69. The molecule has 4 heteroatoms. The molecule has 0 unspecified atom stereocenters. The fraction of sp³-hybridized carbons (Fsp3) is 0.350. The second kappa shape index (κ2) is 6.04. The summed E-state index contributed by atoms with van der Waals surface area (Å²) < 4.78 is 11.8. The molecule has 0 atom stereocenters. The van der Waals surface area contributed by atoms with Gasteiger partial charge in [0.05, 0.1) is 18.9 Å². The highest BCUT2D eigenvalue weighted by atomic mass is 16.7. The smallest absolute Gasteiger partial charge is 0.292 e. The molecular formula is C20H21NO3. The van der Waals surface area contributed by atoms with E-state index in [2.05, 4.69) is 12.1 Å². The lowest BCUT2D eigenvalue weighted by atomic mass is 10.0. The van der Waals surface area contributed by atoms with Crippen LogP contribution < -0.4 is 4.90 Å². The van der Waals surface area contributed by atoms with Crippen molar-refractivity contribution in [3.8, 4) is 0 Å². The standard InChI is InChI=1S/C20H21NO3/c1-15-8-9-18-17(14-15)20(23-12-5-13-24-20)19(22)21(18)11-10-16-6-3-2-4-7-16/h2-4,6-9,14H,5,10-13H2,1H3. The van der Waals surface area contributed by atoms with E-state index in [0.717, 1.165) is 29.7 Å². The van der Waals surface area contributed by atoms with Crippen LogP contribution in [-0.4, -0.2) is 25.7 Å². The number of amides is 1. The minimum Gasteiger partial charge on any atom is -0.338 e. The highest BCUT2D eigenvalue weighted by Crippen LogP contribution is 2.45. The molecule has 1 spiro atoms. The molecule has 24 heavy (non-hydrogen) atoms. The van der Waals surface area contributed by atoms with Gasteiger partial charge in [0.15, 0.2) is 0 Å². The lowest BCUT2D eigenvalue weighted by Gasteiger charge is -2.32. The summed E-state index contributed by atoms with van der Waals surface area (Å²) in [7, 11) is 0. The Bertz CT molecular complexity index is 751. The second-order valence-corrected chi connectivity index (χ2v) is 6.38. The van der Waals surface area contributed by atoms with Gasteiger partial charge in [-0.15, -0.1) is 0 Å². The Morgan fingerprint density at radius 2 is 1.83 bits per heavy atom. The lowest BCUT2D eigenvalue weighted by Crippen LogP contribution is -2.47. The second-order valence-electron chi connectivity index (χ2n) is 6.38. The van der Waals surface area contributed by atoms with Gasteiger partial charge in [0, 0.05) is 12.1 Å². The van der Waals surface area contributed by atoms with Crippen LogP contribution in [0.5, 0.6) is 0 Å². The van der Waals surface area contributed by atoms with Gasteiger partial charge in [0.25, 0.3) is 11.7 Å². The summed E-state index contributed by atoms with van der Waals surface area (Å²) in [6.07, 6.45) is 1.62. The third-order valence-electron chi connectivity index (χ3n) is 4.69. The molecule has 0 aliphatic carbocycles. The number of carbonyl (C=O) groups excluding carboxylic acids is 1. The van der Waals surface area contributed by atoms with Gasteiger partial charge in [-0.3, -0.25) is 4.79 Å². The maximum atomic E-state index is 13.1. The number of carbonyl (C=O) groups is 1. The number of rotatable bonds is 3. The highest BCUT2D eigenvalue weighted by molar-refractivity contribution is 6.06. The van der Waals surface area contributed by atoms with Crippen LogP contribution in [0.1, 0.15) is 23.1 Å². The number of fused-ring (bicyclic) bond motifs is 2. The summed E-state index contributed by atoms with van der Waals surface area (Å²) >= 11 is 0. The van der Waals surface area contributed by atoms with Crippen molar-refractivity contribution in [3.63, 3.8) is 0 Å². The maximum absolute atomic E-state index is 13.1. The molecule has 0 aromatic heterocycles. The molecule has 1 fully saturated rings. The molecule has 4 nitrogen and oxygen atoms in total. The molecule has 0 radical (unpaired) electrons. The largest absolute Gasteiger partial charge is 0.338 e. The van der Waals surface area contributed by atoms with Crippen LogP contribution in [0.2, 0.25) is 0 Å². The highest BCUT2D eigenvalue weighted by Gasteiger charge is 2.54. The Kier molecular flexibility index (Phi) is 3.87. The van der Waals surface area contributed by atoms with E-state index < -0.39 is 5.79 Å². The average Bonchev–Trinajstić information content (AvgIpc) is 2.83. The lowest BCUT2D eigenvalue weighted by molar-refractivity contribution is -0.256. The topological polar surface area (TPSA) is 38.8 Å². The van der Waals surface area contributed by atoms with Crippen LogP contribution in [0.4, 0.5) is 5.69 Å². The van der Waals surface area contributed by atoms with Gasteiger partial charge >= 0.3 is 0 Å². The Labute approximate surface area is 142 Å². The van der Waals surface area contributed by atoms with Crippen molar-refractivity contribution in [2.75, 3.05) is 24.7 Å². The summed E-state index contributed by atoms with van der Waals surface area (Å²) in [5.41, 5.74) is 4.07. The van der Waals surface area contributed by atoms with E-state index in [0.29, 0.717) is 19.8 Å². The third kappa shape index (κ3) is 2.43. The molecule has 4 rings (SSSR count). The zero-order chi connectivity index (χ0) is 16.6. The molecule has 124 valence electrons. The first kappa shape index (κ1) is 15.4. The quantitative estimate of drug-likeness (QED) is 0.871. The van der Waals surface area contributed by atoms with Crippen LogP contribution >= 0.6 is 0 Å². The van der Waals surface area contributed by atoms with Crippen LogP contribution in [0, 0.1) is 6.92 Å². The number of aryl methyl sites for hydroxylation is 1. The molecule has 0 bridgehead atoms. The zero-order valence-electron chi connectivity index (χ0n) is 13.8. The van der Waals surface area contributed by atoms with E-state index in [1.54, 1.807) is 0 Å². The van der Waals surface area contributed by atoms with Crippen molar-refractivity contribution >= 4 is 11.6 Å². The molecule has 0 N–H and O–H groups in total. The summed E-state index contributed by atoms with van der Waals surface area (Å²) in [5, 5.41) is 0. The maximum Gasteiger partial charge on any atom is 0.292 e. The SMILES string of the molecule is Cc1ccc2c(c1)C1(OCCCO1)C(=O)N2CCc1ccccc1. The van der Waals surface area contributed by atoms with Crippen molar-refractivity contribution in [1.82, 2.24) is 0 Å². The molecule has 2 aliphatic heterocycles. The summed E-state index contributed by atoms with van der Waals surface area (Å²) in [6.45, 7) is 3.73. The van der Waals surface area contributed by atoms with Crippen molar-refractivity contribution in [2.24, 2.45) is 0 Å². The Morgan fingerprint density at radius 3 is 2.58 bits per heavy atom. The molecule has 1 saturated heterocycles. The Hall–Kier alpha value is -2.17. The molecule has 1 amide bonds.